The lowest BCUT2D eigenvalue weighted by Crippen LogP contribution is -2.39. The quantitative estimate of drug-likeness (QED) is 0.398. The molecule has 0 aliphatic rings. The Labute approximate surface area is 200 Å². The van der Waals surface area contributed by atoms with Crippen LogP contribution in [-0.2, 0) is 16.1 Å². The van der Waals surface area contributed by atoms with Gasteiger partial charge in [0.05, 0.1) is 12.3 Å². The lowest BCUT2D eigenvalue weighted by Gasteiger charge is -2.24. The predicted molar refractivity (Wildman–Crippen MR) is 129 cm³/mol. The van der Waals surface area contributed by atoms with Crippen LogP contribution in [0.15, 0.2) is 53.0 Å². The molecule has 0 unspecified atom stereocenters. The van der Waals surface area contributed by atoms with E-state index in [2.05, 4.69) is 26.2 Å². The Kier molecular flexibility index (Phi) is 7.69. The van der Waals surface area contributed by atoms with Crippen molar-refractivity contribution in [3.05, 3.63) is 69.1 Å². The average molecular weight is 517 g/mol. The Morgan fingerprint density at radius 1 is 1.09 bits per heavy atom. The molecule has 0 aliphatic heterocycles. The predicted octanol–water partition coefficient (Wildman–Crippen LogP) is 5.53. The van der Waals surface area contributed by atoms with Crippen molar-refractivity contribution < 1.29 is 19.1 Å². The number of ether oxygens (including phenoxy) is 2. The third kappa shape index (κ3) is 5.95. The molecule has 32 heavy (non-hydrogen) atoms. The normalized spacial score (nSPS) is 11.2. The maximum absolute atomic E-state index is 12.7. The first-order valence-corrected chi connectivity index (χ1v) is 11.8. The van der Waals surface area contributed by atoms with Gasteiger partial charge < -0.3 is 14.8 Å². The van der Waals surface area contributed by atoms with E-state index in [9.17, 15) is 9.59 Å². The van der Waals surface area contributed by atoms with E-state index < -0.39 is 11.6 Å². The van der Waals surface area contributed by atoms with Crippen LogP contribution in [0.2, 0.25) is 0 Å². The fraction of sp³-hybridized carbons (Fsp3) is 0.292. The summed E-state index contributed by atoms with van der Waals surface area (Å²) < 4.78 is 11.8. The van der Waals surface area contributed by atoms with Crippen LogP contribution in [0, 0.1) is 6.92 Å². The number of nitrogens with zero attached hydrogens (tertiary/aromatic N) is 1. The lowest BCUT2D eigenvalue weighted by atomic mass is 10.1. The Morgan fingerprint density at radius 2 is 1.75 bits per heavy atom. The van der Waals surface area contributed by atoms with Crippen LogP contribution in [0.1, 0.15) is 41.7 Å². The summed E-state index contributed by atoms with van der Waals surface area (Å²) in [6.07, 6.45) is 0. The summed E-state index contributed by atoms with van der Waals surface area (Å²) in [5, 5.41) is 3.75. The molecule has 8 heteroatoms. The van der Waals surface area contributed by atoms with Crippen molar-refractivity contribution in [3.8, 4) is 16.3 Å². The highest BCUT2D eigenvalue weighted by Gasteiger charge is 2.31. The summed E-state index contributed by atoms with van der Waals surface area (Å²) in [4.78, 5) is 29.8. The Morgan fingerprint density at radius 3 is 2.38 bits per heavy atom. The largest absolute Gasteiger partial charge is 0.476 e. The second-order valence-electron chi connectivity index (χ2n) is 7.60. The molecule has 1 aromatic heterocycles. The van der Waals surface area contributed by atoms with Gasteiger partial charge in [-0.3, -0.25) is 4.79 Å². The molecular weight excluding hydrogens is 492 g/mol. The number of rotatable bonds is 8. The second-order valence-corrected chi connectivity index (χ2v) is 9.51. The number of hydrogen-bond donors (Lipinski definition) is 1. The van der Waals surface area contributed by atoms with Gasteiger partial charge in [0.15, 0.2) is 5.60 Å². The van der Waals surface area contributed by atoms with Crippen LogP contribution >= 0.6 is 27.3 Å². The Hall–Kier alpha value is -2.71. The molecule has 0 saturated carbocycles. The van der Waals surface area contributed by atoms with E-state index in [0.29, 0.717) is 29.5 Å². The van der Waals surface area contributed by atoms with E-state index in [1.165, 1.54) is 11.3 Å². The highest BCUT2D eigenvalue weighted by atomic mass is 79.9. The van der Waals surface area contributed by atoms with Gasteiger partial charge >= 0.3 is 5.97 Å². The number of aryl methyl sites for hydroxylation is 1. The van der Waals surface area contributed by atoms with Crippen molar-refractivity contribution in [2.24, 2.45) is 0 Å². The molecule has 1 N–H and O–H groups in total. The minimum atomic E-state index is -1.08. The maximum Gasteiger partial charge on any atom is 0.349 e. The van der Waals surface area contributed by atoms with Crippen LogP contribution in [0.3, 0.4) is 0 Å². The molecule has 0 radical (unpaired) electrons. The molecule has 0 atom stereocenters. The van der Waals surface area contributed by atoms with Gasteiger partial charge in [0.2, 0.25) is 0 Å². The summed E-state index contributed by atoms with van der Waals surface area (Å²) in [7, 11) is 0. The van der Waals surface area contributed by atoms with Crippen LogP contribution < -0.4 is 10.1 Å². The van der Waals surface area contributed by atoms with E-state index in [4.69, 9.17) is 9.47 Å². The zero-order chi connectivity index (χ0) is 23.3. The van der Waals surface area contributed by atoms with Crippen molar-refractivity contribution in [2.75, 3.05) is 6.61 Å². The first-order valence-electron chi connectivity index (χ1n) is 10.2. The smallest absolute Gasteiger partial charge is 0.349 e. The Bertz CT molecular complexity index is 1090. The fourth-order valence-electron chi connectivity index (χ4n) is 2.90. The van der Waals surface area contributed by atoms with E-state index in [0.717, 1.165) is 20.6 Å². The van der Waals surface area contributed by atoms with Gasteiger partial charge in [0, 0.05) is 16.6 Å². The third-order valence-electron chi connectivity index (χ3n) is 4.61. The number of hydrogen-bond acceptors (Lipinski definition) is 6. The SMILES string of the molecule is CCOC(=O)C(C)(C)Oc1ccc(CNC(=O)c2sc(-c3ccc(Br)cc3)nc2C)cc1. The number of nitrogens with one attached hydrogen (secondary N) is 1. The van der Waals surface area contributed by atoms with Gasteiger partial charge in [-0.15, -0.1) is 11.3 Å². The molecule has 0 fully saturated rings. The topological polar surface area (TPSA) is 77.5 Å². The number of halogens is 1. The molecule has 3 rings (SSSR count). The number of carbonyl (C=O) groups is 2. The molecule has 3 aromatic rings. The second kappa shape index (κ2) is 10.3. The molecule has 1 amide bonds. The monoisotopic (exact) mass is 516 g/mol. The van der Waals surface area contributed by atoms with Crippen LogP contribution in [0.25, 0.3) is 10.6 Å². The molecule has 0 bridgehead atoms. The zero-order valence-electron chi connectivity index (χ0n) is 18.4. The molecule has 0 spiro atoms. The van der Waals surface area contributed by atoms with Gasteiger partial charge in [-0.1, -0.05) is 40.2 Å². The van der Waals surface area contributed by atoms with Gasteiger partial charge in [0.1, 0.15) is 15.6 Å². The number of aromatic nitrogens is 1. The summed E-state index contributed by atoms with van der Waals surface area (Å²) in [6.45, 7) is 7.59. The summed E-state index contributed by atoms with van der Waals surface area (Å²) in [5.41, 5.74) is 1.51. The molecule has 0 saturated heterocycles. The van der Waals surface area contributed by atoms with Gasteiger partial charge in [0.25, 0.3) is 5.91 Å². The maximum atomic E-state index is 12.7. The van der Waals surface area contributed by atoms with Crippen molar-refractivity contribution in [1.82, 2.24) is 10.3 Å². The highest BCUT2D eigenvalue weighted by molar-refractivity contribution is 9.10. The molecule has 0 aliphatic carbocycles. The number of carbonyl (C=O) groups excluding carboxylic acids is 2. The van der Waals surface area contributed by atoms with E-state index in [1.807, 2.05) is 43.3 Å². The number of amides is 1. The summed E-state index contributed by atoms with van der Waals surface area (Å²) >= 11 is 4.80. The lowest BCUT2D eigenvalue weighted by molar-refractivity contribution is -0.158. The van der Waals surface area contributed by atoms with Gasteiger partial charge in [-0.05, 0) is 57.5 Å². The minimum Gasteiger partial charge on any atom is -0.476 e. The van der Waals surface area contributed by atoms with Gasteiger partial charge in [-0.25, -0.2) is 9.78 Å². The summed E-state index contributed by atoms with van der Waals surface area (Å²) in [6, 6.07) is 15.1. The van der Waals surface area contributed by atoms with Crippen molar-refractivity contribution in [1.29, 1.82) is 0 Å². The zero-order valence-corrected chi connectivity index (χ0v) is 20.8. The highest BCUT2D eigenvalue weighted by Crippen LogP contribution is 2.29. The molecule has 1 heterocycles. The van der Waals surface area contributed by atoms with E-state index in [1.54, 1.807) is 32.9 Å². The summed E-state index contributed by atoms with van der Waals surface area (Å²) in [5.74, 6) is -0.0264. The number of benzene rings is 2. The van der Waals surface area contributed by atoms with Crippen LogP contribution in [0.4, 0.5) is 0 Å². The van der Waals surface area contributed by atoms with Crippen LogP contribution in [0.5, 0.6) is 5.75 Å². The Balaban J connectivity index is 1.60. The minimum absolute atomic E-state index is 0.160. The van der Waals surface area contributed by atoms with Gasteiger partial charge in [-0.2, -0.15) is 0 Å². The van der Waals surface area contributed by atoms with Crippen LogP contribution in [-0.4, -0.2) is 29.1 Å². The standard InChI is InChI=1S/C24H25BrN2O4S/c1-5-30-23(29)24(3,4)31-19-12-6-16(7-13-19)14-26-21(28)20-15(2)27-22(32-20)17-8-10-18(25)11-9-17/h6-13H,5,14H2,1-4H3,(H,26,28). The first-order chi connectivity index (χ1) is 15.2. The first kappa shape index (κ1) is 23.9. The third-order valence-corrected chi connectivity index (χ3v) is 6.34. The molecular formula is C24H25BrN2O4S. The fourth-order valence-corrected chi connectivity index (χ4v) is 4.15. The number of thiazole rings is 1. The van der Waals surface area contributed by atoms with E-state index in [-0.39, 0.29) is 5.91 Å². The molecule has 2 aromatic carbocycles. The van der Waals surface area contributed by atoms with Crippen molar-refractivity contribution >= 4 is 39.1 Å². The molecule has 168 valence electrons. The van der Waals surface area contributed by atoms with Crippen molar-refractivity contribution in [2.45, 2.75) is 39.8 Å². The van der Waals surface area contributed by atoms with Crippen molar-refractivity contribution in [3.63, 3.8) is 0 Å². The van der Waals surface area contributed by atoms with E-state index >= 15 is 0 Å². The number of esters is 1. The average Bonchev–Trinajstić information content (AvgIpc) is 3.15. The molecule has 6 nitrogen and oxygen atoms in total.